The van der Waals surface area contributed by atoms with E-state index in [-0.39, 0.29) is 5.91 Å². The number of hydrogen-bond donors (Lipinski definition) is 1. The molecule has 2 aliphatic heterocycles. The van der Waals surface area contributed by atoms with E-state index < -0.39 is 0 Å². The Morgan fingerprint density at radius 2 is 1.96 bits per heavy atom. The number of carbonyl (C=O) groups excluding carboxylic acids is 1. The maximum Gasteiger partial charge on any atom is 0.236 e. The number of benzene rings is 1. The maximum atomic E-state index is 12.4. The van der Waals surface area contributed by atoms with Crippen LogP contribution in [0.3, 0.4) is 0 Å². The average molecular weight is 330 g/mol. The molecule has 0 bridgehead atoms. The minimum Gasteiger partial charge on any atom is -0.508 e. The summed E-state index contributed by atoms with van der Waals surface area (Å²) < 4.78 is 5.32. The molecule has 0 saturated carbocycles. The molecule has 5 nitrogen and oxygen atoms in total. The van der Waals surface area contributed by atoms with E-state index in [1.54, 1.807) is 12.1 Å². The SMILES string of the molecule is O=C(CN1CCOCC1)N1CCC(/C=C/c2cccc(O)c2)CC1. The van der Waals surface area contributed by atoms with Gasteiger partial charge in [-0.3, -0.25) is 9.69 Å². The van der Waals surface area contributed by atoms with Gasteiger partial charge in [-0.1, -0.05) is 24.3 Å². The lowest BCUT2D eigenvalue weighted by molar-refractivity contribution is -0.134. The molecular formula is C19H26N2O3. The number of nitrogens with zero attached hydrogens (tertiary/aromatic N) is 2. The molecule has 0 radical (unpaired) electrons. The van der Waals surface area contributed by atoms with Gasteiger partial charge in [0.1, 0.15) is 5.75 Å². The molecule has 2 heterocycles. The number of carbonyl (C=O) groups is 1. The summed E-state index contributed by atoms with van der Waals surface area (Å²) in [6.07, 6.45) is 6.28. The Morgan fingerprint density at radius 1 is 1.21 bits per heavy atom. The Hall–Kier alpha value is -1.85. The van der Waals surface area contributed by atoms with Crippen LogP contribution in [0.1, 0.15) is 18.4 Å². The Morgan fingerprint density at radius 3 is 2.67 bits per heavy atom. The van der Waals surface area contributed by atoms with Crippen LogP contribution in [0.25, 0.3) is 6.08 Å². The van der Waals surface area contributed by atoms with Crippen LogP contribution < -0.4 is 0 Å². The fourth-order valence-electron chi connectivity index (χ4n) is 3.27. The maximum absolute atomic E-state index is 12.4. The molecule has 1 aromatic rings. The van der Waals surface area contributed by atoms with Gasteiger partial charge < -0.3 is 14.7 Å². The molecule has 1 aromatic carbocycles. The van der Waals surface area contributed by atoms with Crippen molar-refractivity contribution in [2.45, 2.75) is 12.8 Å². The highest BCUT2D eigenvalue weighted by Gasteiger charge is 2.23. The van der Waals surface area contributed by atoms with Crippen LogP contribution in [-0.2, 0) is 9.53 Å². The summed E-state index contributed by atoms with van der Waals surface area (Å²) in [4.78, 5) is 16.6. The normalized spacial score (nSPS) is 20.6. The molecule has 1 N–H and O–H groups in total. The van der Waals surface area contributed by atoms with E-state index in [9.17, 15) is 9.90 Å². The van der Waals surface area contributed by atoms with Crippen LogP contribution in [0.5, 0.6) is 5.75 Å². The third-order valence-corrected chi connectivity index (χ3v) is 4.79. The zero-order valence-electron chi connectivity index (χ0n) is 14.1. The van der Waals surface area contributed by atoms with Crippen molar-refractivity contribution in [2.24, 2.45) is 5.92 Å². The van der Waals surface area contributed by atoms with E-state index in [1.165, 1.54) is 0 Å². The van der Waals surface area contributed by atoms with Gasteiger partial charge in [0.2, 0.25) is 5.91 Å². The van der Waals surface area contributed by atoms with E-state index in [0.717, 1.165) is 57.8 Å². The molecule has 5 heteroatoms. The van der Waals surface area contributed by atoms with Crippen LogP contribution in [0.15, 0.2) is 30.3 Å². The summed E-state index contributed by atoms with van der Waals surface area (Å²) in [5, 5.41) is 9.49. The van der Waals surface area contributed by atoms with E-state index in [4.69, 9.17) is 4.74 Å². The summed E-state index contributed by atoms with van der Waals surface area (Å²) in [5.41, 5.74) is 1.01. The predicted octanol–water partition coefficient (Wildman–Crippen LogP) is 1.98. The first-order chi connectivity index (χ1) is 11.7. The van der Waals surface area contributed by atoms with Crippen molar-refractivity contribution in [1.82, 2.24) is 9.80 Å². The third kappa shape index (κ3) is 4.82. The van der Waals surface area contributed by atoms with Crippen LogP contribution in [0.4, 0.5) is 0 Å². The van der Waals surface area contributed by atoms with Crippen LogP contribution in [-0.4, -0.2) is 66.8 Å². The van der Waals surface area contributed by atoms with Gasteiger partial charge >= 0.3 is 0 Å². The van der Waals surface area contributed by atoms with Crippen LogP contribution >= 0.6 is 0 Å². The minimum atomic E-state index is 0.243. The van der Waals surface area contributed by atoms with Crippen molar-refractivity contribution in [3.8, 4) is 5.75 Å². The molecular weight excluding hydrogens is 304 g/mol. The molecule has 2 aliphatic rings. The van der Waals surface area contributed by atoms with Crippen LogP contribution in [0.2, 0.25) is 0 Å². The number of ether oxygens (including phenoxy) is 1. The summed E-state index contributed by atoms with van der Waals surface area (Å²) in [5.74, 6) is 1.03. The summed E-state index contributed by atoms with van der Waals surface area (Å²) in [7, 11) is 0. The summed E-state index contributed by atoms with van der Waals surface area (Å²) in [6.45, 7) is 5.36. The molecule has 0 aromatic heterocycles. The van der Waals surface area contributed by atoms with Crippen molar-refractivity contribution >= 4 is 12.0 Å². The second-order valence-electron chi connectivity index (χ2n) is 6.56. The van der Waals surface area contributed by atoms with Crippen molar-refractivity contribution in [1.29, 1.82) is 0 Å². The topological polar surface area (TPSA) is 53.0 Å². The Kier molecular flexibility index (Phi) is 5.88. The number of rotatable bonds is 4. The number of likely N-dealkylation sites (tertiary alicyclic amines) is 1. The van der Waals surface area contributed by atoms with E-state index in [1.807, 2.05) is 17.0 Å². The molecule has 0 atom stereocenters. The molecule has 2 fully saturated rings. The van der Waals surface area contributed by atoms with Crippen molar-refractivity contribution in [3.05, 3.63) is 35.9 Å². The quantitative estimate of drug-likeness (QED) is 0.917. The van der Waals surface area contributed by atoms with Gasteiger partial charge in [0.15, 0.2) is 0 Å². The number of amides is 1. The molecule has 2 saturated heterocycles. The third-order valence-electron chi connectivity index (χ3n) is 4.79. The Balaban J connectivity index is 1.44. The first kappa shape index (κ1) is 17.0. The van der Waals surface area contributed by atoms with Gasteiger partial charge in [0.25, 0.3) is 0 Å². The molecule has 0 unspecified atom stereocenters. The van der Waals surface area contributed by atoms with Gasteiger partial charge in [0, 0.05) is 26.2 Å². The zero-order chi connectivity index (χ0) is 16.8. The second-order valence-corrected chi connectivity index (χ2v) is 6.56. The van der Waals surface area contributed by atoms with E-state index >= 15 is 0 Å². The van der Waals surface area contributed by atoms with Crippen molar-refractivity contribution < 1.29 is 14.6 Å². The Labute approximate surface area is 143 Å². The monoisotopic (exact) mass is 330 g/mol. The molecule has 3 rings (SSSR count). The second kappa shape index (κ2) is 8.31. The first-order valence-corrected chi connectivity index (χ1v) is 8.76. The van der Waals surface area contributed by atoms with Gasteiger partial charge in [-0.15, -0.1) is 0 Å². The van der Waals surface area contributed by atoms with Gasteiger partial charge in [0.05, 0.1) is 19.8 Å². The highest BCUT2D eigenvalue weighted by Crippen LogP contribution is 2.21. The standard InChI is InChI=1S/C19H26N2O3/c22-18-3-1-2-17(14-18)5-4-16-6-8-21(9-7-16)19(23)15-20-10-12-24-13-11-20/h1-5,14,16,22H,6-13,15H2/b5-4+. The van der Waals surface area contributed by atoms with E-state index in [0.29, 0.717) is 18.2 Å². The fraction of sp³-hybridized carbons (Fsp3) is 0.526. The molecule has 0 aliphatic carbocycles. The van der Waals surface area contributed by atoms with Crippen molar-refractivity contribution in [2.75, 3.05) is 45.9 Å². The fourth-order valence-corrected chi connectivity index (χ4v) is 3.27. The summed E-state index contributed by atoms with van der Waals surface area (Å²) in [6, 6.07) is 7.27. The van der Waals surface area contributed by atoms with Gasteiger partial charge in [-0.2, -0.15) is 0 Å². The van der Waals surface area contributed by atoms with Crippen LogP contribution in [0, 0.1) is 5.92 Å². The molecule has 0 spiro atoms. The highest BCUT2D eigenvalue weighted by molar-refractivity contribution is 5.78. The number of morpholine rings is 1. The number of allylic oxidation sites excluding steroid dienone is 1. The average Bonchev–Trinajstić information content (AvgIpc) is 2.61. The summed E-state index contributed by atoms with van der Waals surface area (Å²) >= 11 is 0. The molecule has 1 amide bonds. The van der Waals surface area contributed by atoms with E-state index in [2.05, 4.69) is 17.1 Å². The number of aromatic hydroxyl groups is 1. The lowest BCUT2D eigenvalue weighted by Crippen LogP contribution is -2.46. The first-order valence-electron chi connectivity index (χ1n) is 8.76. The largest absolute Gasteiger partial charge is 0.508 e. The lowest BCUT2D eigenvalue weighted by atomic mass is 9.95. The number of piperidine rings is 1. The van der Waals surface area contributed by atoms with Crippen molar-refractivity contribution in [3.63, 3.8) is 0 Å². The van der Waals surface area contributed by atoms with Gasteiger partial charge in [-0.25, -0.2) is 0 Å². The predicted molar refractivity (Wildman–Crippen MR) is 93.7 cm³/mol. The Bertz CT molecular complexity index is 574. The smallest absolute Gasteiger partial charge is 0.236 e. The van der Waals surface area contributed by atoms with Gasteiger partial charge in [-0.05, 0) is 36.5 Å². The lowest BCUT2D eigenvalue weighted by Gasteiger charge is -2.33. The highest BCUT2D eigenvalue weighted by atomic mass is 16.5. The number of phenols is 1. The number of phenolic OH excluding ortho intramolecular Hbond substituents is 1. The number of hydrogen-bond acceptors (Lipinski definition) is 4. The zero-order valence-corrected chi connectivity index (χ0v) is 14.1. The molecule has 130 valence electrons. The molecule has 24 heavy (non-hydrogen) atoms. The minimum absolute atomic E-state index is 0.243.